The number of rotatable bonds is 8. The lowest BCUT2D eigenvalue weighted by molar-refractivity contribution is 0.0949. The van der Waals surface area contributed by atoms with Crippen LogP contribution in [0, 0.1) is 0 Å². The summed E-state index contributed by atoms with van der Waals surface area (Å²) in [5.74, 6) is -0.492. The van der Waals surface area contributed by atoms with Crippen LogP contribution in [0.2, 0.25) is 5.02 Å². The van der Waals surface area contributed by atoms with Crippen LogP contribution in [0.3, 0.4) is 0 Å². The number of aromatic nitrogens is 1. The number of nitrogens with one attached hydrogen (secondary N) is 2. The van der Waals surface area contributed by atoms with Crippen LogP contribution in [-0.2, 0) is 6.42 Å². The first-order valence-electron chi connectivity index (χ1n) is 8.37. The molecule has 5 nitrogen and oxygen atoms in total. The molecular formula is C19H22ClN3O2. The molecule has 0 aliphatic heterocycles. The molecule has 1 aromatic heterocycles. The summed E-state index contributed by atoms with van der Waals surface area (Å²) in [5, 5.41) is 6.31. The molecule has 0 saturated carbocycles. The van der Waals surface area contributed by atoms with Crippen LogP contribution in [0.15, 0.2) is 42.6 Å². The molecule has 2 N–H and O–H groups in total. The highest BCUT2D eigenvalue weighted by Gasteiger charge is 2.11. The molecular weight excluding hydrogens is 338 g/mol. The van der Waals surface area contributed by atoms with Gasteiger partial charge in [-0.05, 0) is 42.7 Å². The maximum atomic E-state index is 12.2. The average Bonchev–Trinajstić information content (AvgIpc) is 2.62. The summed E-state index contributed by atoms with van der Waals surface area (Å²) < 4.78 is 0. The molecule has 1 aromatic carbocycles. The lowest BCUT2D eigenvalue weighted by Crippen LogP contribution is -2.28. The Morgan fingerprint density at radius 1 is 1.08 bits per heavy atom. The highest BCUT2D eigenvalue weighted by molar-refractivity contribution is 6.30. The topological polar surface area (TPSA) is 71.1 Å². The van der Waals surface area contributed by atoms with Crippen molar-refractivity contribution in [2.75, 3.05) is 13.1 Å². The van der Waals surface area contributed by atoms with E-state index in [1.807, 2.05) is 24.3 Å². The van der Waals surface area contributed by atoms with Gasteiger partial charge in [0.1, 0.15) is 5.69 Å². The van der Waals surface area contributed by atoms with Gasteiger partial charge < -0.3 is 10.6 Å². The molecule has 0 atom stereocenters. The Balaban J connectivity index is 1.88. The van der Waals surface area contributed by atoms with Crippen LogP contribution in [0.1, 0.15) is 46.2 Å². The average molecular weight is 360 g/mol. The molecule has 0 aliphatic rings. The summed E-state index contributed by atoms with van der Waals surface area (Å²) in [6, 6.07) is 10.6. The highest BCUT2D eigenvalue weighted by atomic mass is 35.5. The van der Waals surface area contributed by atoms with Gasteiger partial charge in [0, 0.05) is 29.9 Å². The van der Waals surface area contributed by atoms with Gasteiger partial charge in [0.05, 0.1) is 0 Å². The molecule has 0 saturated heterocycles. The van der Waals surface area contributed by atoms with E-state index >= 15 is 0 Å². The van der Waals surface area contributed by atoms with Gasteiger partial charge in [-0.3, -0.25) is 14.6 Å². The molecule has 25 heavy (non-hydrogen) atoms. The van der Waals surface area contributed by atoms with E-state index in [1.54, 1.807) is 6.07 Å². The summed E-state index contributed by atoms with van der Waals surface area (Å²) in [6.07, 6.45) is 4.08. The van der Waals surface area contributed by atoms with Gasteiger partial charge in [-0.15, -0.1) is 0 Å². The second-order valence-electron chi connectivity index (χ2n) is 5.68. The van der Waals surface area contributed by atoms with Crippen LogP contribution in [0.4, 0.5) is 0 Å². The fraction of sp³-hybridized carbons (Fsp3) is 0.316. The largest absolute Gasteiger partial charge is 0.352 e. The number of pyridine rings is 1. The smallest absolute Gasteiger partial charge is 0.269 e. The van der Waals surface area contributed by atoms with Crippen LogP contribution in [0.25, 0.3) is 0 Å². The van der Waals surface area contributed by atoms with Crippen molar-refractivity contribution in [1.29, 1.82) is 0 Å². The number of hydrogen-bond acceptors (Lipinski definition) is 3. The summed E-state index contributed by atoms with van der Waals surface area (Å²) in [4.78, 5) is 28.3. The van der Waals surface area contributed by atoms with Crippen LogP contribution in [-0.4, -0.2) is 29.9 Å². The monoisotopic (exact) mass is 359 g/mol. The van der Waals surface area contributed by atoms with Gasteiger partial charge in [-0.1, -0.05) is 37.1 Å². The summed E-state index contributed by atoms with van der Waals surface area (Å²) >= 11 is 5.94. The lowest BCUT2D eigenvalue weighted by Gasteiger charge is -2.07. The lowest BCUT2D eigenvalue weighted by atomic mass is 10.1. The summed E-state index contributed by atoms with van der Waals surface area (Å²) in [7, 11) is 0. The van der Waals surface area contributed by atoms with E-state index in [1.165, 1.54) is 12.3 Å². The zero-order valence-corrected chi connectivity index (χ0v) is 15.0. The number of unbranched alkanes of at least 4 members (excludes halogenated alkanes) is 1. The van der Waals surface area contributed by atoms with Gasteiger partial charge in [0.15, 0.2) is 0 Å². The molecule has 0 aliphatic carbocycles. The van der Waals surface area contributed by atoms with Crippen molar-refractivity contribution in [2.24, 2.45) is 0 Å². The molecule has 0 fully saturated rings. The van der Waals surface area contributed by atoms with E-state index in [2.05, 4.69) is 22.5 Å². The Morgan fingerprint density at radius 3 is 2.64 bits per heavy atom. The normalized spacial score (nSPS) is 10.3. The van der Waals surface area contributed by atoms with Crippen LogP contribution < -0.4 is 10.6 Å². The minimum absolute atomic E-state index is 0.191. The zero-order chi connectivity index (χ0) is 18.1. The predicted molar refractivity (Wildman–Crippen MR) is 99.0 cm³/mol. The number of hydrogen-bond donors (Lipinski definition) is 2. The number of benzene rings is 1. The fourth-order valence-electron chi connectivity index (χ4n) is 2.28. The van der Waals surface area contributed by atoms with Crippen LogP contribution in [0.5, 0.6) is 0 Å². The number of carbonyl (C=O) groups excluding carboxylic acids is 2. The number of amides is 2. The first-order valence-corrected chi connectivity index (χ1v) is 8.75. The zero-order valence-electron chi connectivity index (χ0n) is 14.2. The molecule has 2 amide bonds. The van der Waals surface area contributed by atoms with Gasteiger partial charge in [0.2, 0.25) is 0 Å². The first kappa shape index (κ1) is 18.9. The molecule has 0 unspecified atom stereocenters. The third kappa shape index (κ3) is 6.19. The Kier molecular flexibility index (Phi) is 7.41. The third-order valence-corrected chi connectivity index (χ3v) is 3.89. The Morgan fingerprint density at radius 2 is 1.88 bits per heavy atom. The number of halogens is 1. The summed E-state index contributed by atoms with van der Waals surface area (Å²) in [5.41, 5.74) is 1.71. The number of nitrogens with zero attached hydrogens (tertiary/aromatic N) is 1. The van der Waals surface area contributed by atoms with Crippen molar-refractivity contribution in [2.45, 2.75) is 26.2 Å². The van der Waals surface area contributed by atoms with Gasteiger partial charge in [0.25, 0.3) is 11.8 Å². The molecule has 1 heterocycles. The van der Waals surface area contributed by atoms with Crippen molar-refractivity contribution >= 4 is 23.4 Å². The van der Waals surface area contributed by atoms with E-state index in [4.69, 9.17) is 11.6 Å². The standard InChI is InChI=1S/C19H22ClN3O2/c1-2-3-9-22-18(24)15-8-11-21-17(13-15)19(25)23-10-7-14-5-4-6-16(20)12-14/h4-6,8,11-13H,2-3,7,9-10H2,1H3,(H,22,24)(H,23,25). The Bertz CT molecular complexity index is 734. The highest BCUT2D eigenvalue weighted by Crippen LogP contribution is 2.10. The molecule has 0 spiro atoms. The maximum absolute atomic E-state index is 12.2. The maximum Gasteiger partial charge on any atom is 0.269 e. The van der Waals surface area contributed by atoms with Crippen molar-refractivity contribution in [3.8, 4) is 0 Å². The second kappa shape index (κ2) is 9.79. The molecule has 2 rings (SSSR count). The van der Waals surface area contributed by atoms with Crippen LogP contribution >= 0.6 is 11.6 Å². The second-order valence-corrected chi connectivity index (χ2v) is 6.11. The molecule has 0 bridgehead atoms. The van der Waals surface area contributed by atoms with Gasteiger partial charge >= 0.3 is 0 Å². The van der Waals surface area contributed by atoms with E-state index in [9.17, 15) is 9.59 Å². The minimum atomic E-state index is -0.301. The molecule has 6 heteroatoms. The predicted octanol–water partition coefficient (Wildman–Crippen LogP) is 3.24. The number of carbonyl (C=O) groups is 2. The Labute approximate surface area is 152 Å². The quantitative estimate of drug-likeness (QED) is 0.711. The fourth-order valence-corrected chi connectivity index (χ4v) is 2.49. The molecule has 2 aromatic rings. The summed E-state index contributed by atoms with van der Waals surface area (Å²) in [6.45, 7) is 3.15. The van der Waals surface area contributed by atoms with Crippen molar-refractivity contribution in [3.63, 3.8) is 0 Å². The van der Waals surface area contributed by atoms with Gasteiger partial charge in [-0.25, -0.2) is 0 Å². The van der Waals surface area contributed by atoms with Gasteiger partial charge in [-0.2, -0.15) is 0 Å². The van der Waals surface area contributed by atoms with E-state index in [-0.39, 0.29) is 17.5 Å². The molecule has 0 radical (unpaired) electrons. The van der Waals surface area contributed by atoms with Crippen molar-refractivity contribution in [3.05, 3.63) is 64.4 Å². The Hall–Kier alpha value is -2.40. The SMILES string of the molecule is CCCCNC(=O)c1ccnc(C(=O)NCCc2cccc(Cl)c2)c1. The molecule has 132 valence electrons. The van der Waals surface area contributed by atoms with E-state index in [0.29, 0.717) is 30.1 Å². The third-order valence-electron chi connectivity index (χ3n) is 3.66. The van der Waals surface area contributed by atoms with Crippen molar-refractivity contribution < 1.29 is 9.59 Å². The van der Waals surface area contributed by atoms with Crippen molar-refractivity contribution in [1.82, 2.24) is 15.6 Å². The van der Waals surface area contributed by atoms with E-state index < -0.39 is 0 Å². The first-order chi connectivity index (χ1) is 12.1. The van der Waals surface area contributed by atoms with E-state index in [0.717, 1.165) is 18.4 Å². The minimum Gasteiger partial charge on any atom is -0.352 e.